The van der Waals surface area contributed by atoms with Gasteiger partial charge in [-0.2, -0.15) is 5.10 Å². The number of phenols is 1. The van der Waals surface area contributed by atoms with E-state index in [0.29, 0.717) is 25.6 Å². The lowest BCUT2D eigenvalue weighted by Crippen LogP contribution is -2.32. The predicted octanol–water partition coefficient (Wildman–Crippen LogP) is 2.05. The number of benzene rings is 2. The molecule has 0 unspecified atom stereocenters. The van der Waals surface area contributed by atoms with Crippen LogP contribution in [0.25, 0.3) is 10.9 Å². The number of aromatic hydroxyl groups is 1. The molecule has 0 atom stereocenters. The molecule has 0 aliphatic carbocycles. The van der Waals surface area contributed by atoms with Crippen LogP contribution in [0.5, 0.6) is 11.5 Å². The Morgan fingerprint density at radius 2 is 2.04 bits per heavy atom. The number of rotatable bonds is 3. The highest BCUT2D eigenvalue weighted by Gasteiger charge is 2.09. The number of H-pyrrole nitrogens is 1. The second-order valence-electron chi connectivity index (χ2n) is 4.88. The Labute approximate surface area is 144 Å². The Hall–Kier alpha value is -2.87. The standard InChI is InChI=1S/C16H12BrN3O4/c1-24-13-7-10(17)6-9(14(13)21)8-18-20-15(22)11-4-2-3-5-12(11)19-16(20)23/h2-8,21H,1H3,(H,19,23)/b18-8+. The number of nitrogens with zero attached hydrogens (tertiary/aromatic N) is 2. The van der Waals surface area contributed by atoms with Gasteiger partial charge in [0.2, 0.25) is 0 Å². The van der Waals surface area contributed by atoms with Crippen LogP contribution in [0.2, 0.25) is 0 Å². The second-order valence-corrected chi connectivity index (χ2v) is 5.80. The van der Waals surface area contributed by atoms with E-state index in [0.717, 1.165) is 0 Å². The fraction of sp³-hybridized carbons (Fsp3) is 0.0625. The lowest BCUT2D eigenvalue weighted by Gasteiger charge is -2.07. The van der Waals surface area contributed by atoms with Gasteiger partial charge in [-0.15, -0.1) is 4.68 Å². The van der Waals surface area contributed by atoms with E-state index in [4.69, 9.17) is 4.74 Å². The minimum Gasteiger partial charge on any atom is -0.504 e. The molecule has 24 heavy (non-hydrogen) atoms. The third-order valence-electron chi connectivity index (χ3n) is 3.39. The summed E-state index contributed by atoms with van der Waals surface area (Å²) in [5.41, 5.74) is -0.491. The second kappa shape index (κ2) is 6.32. The molecule has 0 aliphatic rings. The molecule has 8 heteroatoms. The van der Waals surface area contributed by atoms with Crippen molar-refractivity contribution >= 4 is 33.0 Å². The number of halogens is 1. The zero-order valence-corrected chi connectivity index (χ0v) is 14.1. The Morgan fingerprint density at radius 1 is 1.29 bits per heavy atom. The van der Waals surface area contributed by atoms with Crippen LogP contribution in [0.1, 0.15) is 5.56 Å². The molecule has 1 heterocycles. The number of aromatic amines is 1. The Balaban J connectivity index is 2.14. The average molecular weight is 390 g/mol. The first-order valence-corrected chi connectivity index (χ1v) is 7.65. The lowest BCUT2D eigenvalue weighted by molar-refractivity contribution is 0.373. The van der Waals surface area contributed by atoms with Crippen LogP contribution >= 0.6 is 15.9 Å². The van der Waals surface area contributed by atoms with Gasteiger partial charge in [0.25, 0.3) is 5.56 Å². The van der Waals surface area contributed by atoms with E-state index in [9.17, 15) is 14.7 Å². The van der Waals surface area contributed by atoms with Crippen LogP contribution < -0.4 is 16.0 Å². The largest absolute Gasteiger partial charge is 0.504 e. The van der Waals surface area contributed by atoms with Crippen LogP contribution in [-0.2, 0) is 0 Å². The molecule has 3 rings (SSSR count). The van der Waals surface area contributed by atoms with Crippen molar-refractivity contribution in [1.29, 1.82) is 0 Å². The lowest BCUT2D eigenvalue weighted by atomic mass is 10.2. The minimum atomic E-state index is -0.670. The van der Waals surface area contributed by atoms with Crippen molar-refractivity contribution < 1.29 is 9.84 Å². The summed E-state index contributed by atoms with van der Waals surface area (Å²) < 4.78 is 6.40. The molecule has 1 aromatic heterocycles. The Morgan fingerprint density at radius 3 is 2.79 bits per heavy atom. The van der Waals surface area contributed by atoms with Gasteiger partial charge in [-0.1, -0.05) is 28.1 Å². The molecule has 2 N–H and O–H groups in total. The maximum Gasteiger partial charge on any atom is 0.349 e. The first-order chi connectivity index (χ1) is 11.5. The Bertz CT molecular complexity index is 1070. The highest BCUT2D eigenvalue weighted by Crippen LogP contribution is 2.32. The predicted molar refractivity (Wildman–Crippen MR) is 94.2 cm³/mol. The van der Waals surface area contributed by atoms with E-state index in [-0.39, 0.29) is 11.5 Å². The molecule has 0 radical (unpaired) electrons. The number of nitrogens with one attached hydrogen (secondary N) is 1. The van der Waals surface area contributed by atoms with Crippen LogP contribution in [0.15, 0.2) is 55.6 Å². The average Bonchev–Trinajstić information content (AvgIpc) is 2.57. The van der Waals surface area contributed by atoms with Gasteiger partial charge in [-0.3, -0.25) is 4.79 Å². The Kier molecular flexibility index (Phi) is 4.22. The molecule has 0 saturated heterocycles. The number of fused-ring (bicyclic) bond motifs is 1. The maximum atomic E-state index is 12.4. The van der Waals surface area contributed by atoms with Crippen LogP contribution in [0.4, 0.5) is 0 Å². The molecular formula is C16H12BrN3O4. The van der Waals surface area contributed by atoms with Gasteiger partial charge >= 0.3 is 5.69 Å². The first kappa shape index (κ1) is 16.0. The zero-order valence-electron chi connectivity index (χ0n) is 12.5. The van der Waals surface area contributed by atoms with Gasteiger partial charge in [0.05, 0.1) is 24.2 Å². The smallest absolute Gasteiger partial charge is 0.349 e. The quantitative estimate of drug-likeness (QED) is 0.669. The highest BCUT2D eigenvalue weighted by molar-refractivity contribution is 9.10. The van der Waals surface area contributed by atoms with Crippen molar-refractivity contribution in [1.82, 2.24) is 9.66 Å². The van der Waals surface area contributed by atoms with Crippen LogP contribution in [0.3, 0.4) is 0 Å². The molecule has 0 aliphatic heterocycles. The van der Waals surface area contributed by atoms with Gasteiger partial charge in [-0.25, -0.2) is 4.79 Å². The number of methoxy groups -OCH3 is 1. The summed E-state index contributed by atoms with van der Waals surface area (Å²) in [6.07, 6.45) is 1.22. The van der Waals surface area contributed by atoms with Crippen molar-refractivity contribution in [3.05, 3.63) is 67.3 Å². The number of phenolic OH excluding ortho intramolecular Hbond substituents is 1. The molecule has 122 valence electrons. The third-order valence-corrected chi connectivity index (χ3v) is 3.84. The summed E-state index contributed by atoms with van der Waals surface area (Å²) in [4.78, 5) is 27.0. The SMILES string of the molecule is COc1cc(Br)cc(/C=N/n2c(=O)[nH]c3ccccc3c2=O)c1O. The summed E-state index contributed by atoms with van der Waals surface area (Å²) in [6, 6.07) is 9.82. The van der Waals surface area contributed by atoms with Gasteiger partial charge in [0.1, 0.15) is 0 Å². The third kappa shape index (κ3) is 2.83. The highest BCUT2D eigenvalue weighted by atomic mass is 79.9. The monoisotopic (exact) mass is 389 g/mol. The van der Waals surface area contributed by atoms with Crippen molar-refractivity contribution in [3.63, 3.8) is 0 Å². The van der Waals surface area contributed by atoms with Crippen LogP contribution in [-0.4, -0.2) is 28.1 Å². The van der Waals surface area contributed by atoms with E-state index in [1.165, 1.54) is 13.3 Å². The summed E-state index contributed by atoms with van der Waals surface area (Å²) in [6.45, 7) is 0. The summed E-state index contributed by atoms with van der Waals surface area (Å²) in [5, 5.41) is 14.3. The molecule has 3 aromatic rings. The molecule has 0 amide bonds. The number of ether oxygens (including phenoxy) is 1. The number of hydrogen-bond donors (Lipinski definition) is 2. The summed E-state index contributed by atoms with van der Waals surface area (Å²) in [7, 11) is 1.42. The van der Waals surface area contributed by atoms with E-state index in [2.05, 4.69) is 26.0 Å². The topological polar surface area (TPSA) is 96.7 Å². The fourth-order valence-corrected chi connectivity index (χ4v) is 2.68. The van der Waals surface area contributed by atoms with Gasteiger partial charge in [-0.05, 0) is 24.3 Å². The van der Waals surface area contributed by atoms with Crippen molar-refractivity contribution in [2.75, 3.05) is 7.11 Å². The van der Waals surface area contributed by atoms with Gasteiger partial charge < -0.3 is 14.8 Å². The van der Waals surface area contributed by atoms with E-state index in [1.54, 1.807) is 36.4 Å². The van der Waals surface area contributed by atoms with Crippen LogP contribution in [0, 0.1) is 0 Å². The fourth-order valence-electron chi connectivity index (χ4n) is 2.23. The normalized spacial score (nSPS) is 11.2. The van der Waals surface area contributed by atoms with Gasteiger partial charge in [0.15, 0.2) is 11.5 Å². The van der Waals surface area contributed by atoms with Crippen molar-refractivity contribution in [2.24, 2.45) is 5.10 Å². The number of hydrogen-bond acceptors (Lipinski definition) is 5. The first-order valence-electron chi connectivity index (χ1n) is 6.86. The summed E-state index contributed by atoms with van der Waals surface area (Å²) >= 11 is 3.29. The van der Waals surface area contributed by atoms with E-state index >= 15 is 0 Å². The molecule has 0 bridgehead atoms. The number of aromatic nitrogens is 2. The molecular weight excluding hydrogens is 378 g/mol. The van der Waals surface area contributed by atoms with E-state index < -0.39 is 11.2 Å². The molecule has 7 nitrogen and oxygen atoms in total. The molecule has 0 saturated carbocycles. The summed E-state index contributed by atoms with van der Waals surface area (Å²) in [5.74, 6) is 0.0975. The number of para-hydroxylation sites is 1. The molecule has 2 aromatic carbocycles. The van der Waals surface area contributed by atoms with Crippen molar-refractivity contribution in [2.45, 2.75) is 0 Å². The van der Waals surface area contributed by atoms with Crippen molar-refractivity contribution in [3.8, 4) is 11.5 Å². The molecule has 0 spiro atoms. The molecule has 0 fully saturated rings. The minimum absolute atomic E-state index is 0.144. The zero-order chi connectivity index (χ0) is 17.3. The van der Waals surface area contributed by atoms with E-state index in [1.807, 2.05) is 0 Å². The van der Waals surface area contributed by atoms with Gasteiger partial charge in [0, 0.05) is 10.0 Å². The maximum absolute atomic E-state index is 12.4.